The topological polar surface area (TPSA) is 38.0 Å². The van der Waals surface area contributed by atoms with E-state index in [2.05, 4.69) is 48.3 Å². The summed E-state index contributed by atoms with van der Waals surface area (Å²) < 4.78 is 1.99. The van der Waals surface area contributed by atoms with Crippen LogP contribution in [0.5, 0.6) is 0 Å². The minimum atomic E-state index is -1.05. The molecule has 3 nitrogen and oxygen atoms in total. The van der Waals surface area contributed by atoms with E-state index < -0.39 is 5.60 Å². The lowest BCUT2D eigenvalue weighted by atomic mass is 9.90. The normalized spacial score (nSPS) is 15.1. The highest BCUT2D eigenvalue weighted by atomic mass is 16.3. The molecule has 0 amide bonds. The van der Waals surface area contributed by atoms with Crippen molar-refractivity contribution in [2.75, 3.05) is 0 Å². The number of fused-ring (bicyclic) bond motifs is 3. The quantitative estimate of drug-likeness (QED) is 0.626. The van der Waals surface area contributed by atoms with Crippen molar-refractivity contribution in [3.05, 3.63) is 77.4 Å². The van der Waals surface area contributed by atoms with Crippen molar-refractivity contribution < 1.29 is 5.11 Å². The molecule has 1 heterocycles. The van der Waals surface area contributed by atoms with E-state index in [9.17, 15) is 5.11 Å². The SMILES string of the molecule is CCn1cncc1C(C)(O)c1ccc2c(c1)Cc1ccccc1-2. The molecule has 1 aromatic heterocycles. The van der Waals surface area contributed by atoms with Crippen LogP contribution >= 0.6 is 0 Å². The highest BCUT2D eigenvalue weighted by Crippen LogP contribution is 2.39. The molecular weight excluding hydrogens is 284 g/mol. The zero-order valence-electron chi connectivity index (χ0n) is 13.5. The zero-order valence-corrected chi connectivity index (χ0v) is 13.5. The van der Waals surface area contributed by atoms with E-state index >= 15 is 0 Å². The monoisotopic (exact) mass is 304 g/mol. The molecule has 1 unspecified atom stereocenters. The van der Waals surface area contributed by atoms with Gasteiger partial charge in [-0.2, -0.15) is 0 Å². The number of aryl methyl sites for hydroxylation is 1. The number of hydrogen-bond acceptors (Lipinski definition) is 2. The molecule has 0 aliphatic heterocycles. The molecule has 1 aliphatic rings. The summed E-state index contributed by atoms with van der Waals surface area (Å²) in [5, 5.41) is 11.1. The zero-order chi connectivity index (χ0) is 16.0. The van der Waals surface area contributed by atoms with Gasteiger partial charge in [0.05, 0.1) is 18.2 Å². The minimum Gasteiger partial charge on any atom is -0.379 e. The Morgan fingerprint density at radius 1 is 1.13 bits per heavy atom. The van der Waals surface area contributed by atoms with Gasteiger partial charge in [-0.1, -0.05) is 42.5 Å². The van der Waals surface area contributed by atoms with Gasteiger partial charge in [-0.15, -0.1) is 0 Å². The van der Waals surface area contributed by atoms with Crippen molar-refractivity contribution >= 4 is 0 Å². The maximum atomic E-state index is 11.1. The van der Waals surface area contributed by atoms with Crippen LogP contribution in [0.2, 0.25) is 0 Å². The Labute approximate surface area is 136 Å². The van der Waals surface area contributed by atoms with Crippen LogP contribution in [0.15, 0.2) is 55.0 Å². The summed E-state index contributed by atoms with van der Waals surface area (Å²) in [6, 6.07) is 14.8. The molecule has 23 heavy (non-hydrogen) atoms. The van der Waals surface area contributed by atoms with Crippen molar-refractivity contribution in [2.24, 2.45) is 0 Å². The standard InChI is InChI=1S/C20H20N2O/c1-3-22-13-21-12-19(22)20(2,23)16-8-9-18-15(11-16)10-14-6-4-5-7-17(14)18/h4-9,11-13,23H,3,10H2,1-2H3. The average Bonchev–Trinajstić information content (AvgIpc) is 3.18. The third kappa shape index (κ3) is 2.12. The molecule has 0 bridgehead atoms. The second-order valence-electron chi connectivity index (χ2n) is 6.34. The van der Waals surface area contributed by atoms with E-state index in [4.69, 9.17) is 0 Å². The molecule has 0 saturated heterocycles. The second-order valence-corrected chi connectivity index (χ2v) is 6.34. The molecule has 0 saturated carbocycles. The van der Waals surface area contributed by atoms with Gasteiger partial charge in [0, 0.05) is 6.54 Å². The first-order valence-electron chi connectivity index (χ1n) is 8.06. The smallest absolute Gasteiger partial charge is 0.128 e. The Hall–Kier alpha value is -2.39. The molecule has 3 heteroatoms. The number of aromatic nitrogens is 2. The molecule has 1 N–H and O–H groups in total. The van der Waals surface area contributed by atoms with Gasteiger partial charge in [-0.25, -0.2) is 4.98 Å². The lowest BCUT2D eigenvalue weighted by Gasteiger charge is -2.25. The predicted molar refractivity (Wildman–Crippen MR) is 91.3 cm³/mol. The number of imidazole rings is 1. The van der Waals surface area contributed by atoms with Gasteiger partial charge in [0.1, 0.15) is 5.60 Å². The van der Waals surface area contributed by atoms with Crippen molar-refractivity contribution in [3.63, 3.8) is 0 Å². The molecule has 4 rings (SSSR count). The number of hydrogen-bond donors (Lipinski definition) is 1. The van der Waals surface area contributed by atoms with E-state index in [-0.39, 0.29) is 0 Å². The van der Waals surface area contributed by atoms with Crippen LogP contribution < -0.4 is 0 Å². The highest BCUT2D eigenvalue weighted by Gasteiger charge is 2.30. The Balaban J connectivity index is 1.79. The summed E-state index contributed by atoms with van der Waals surface area (Å²) >= 11 is 0. The Kier molecular flexibility index (Phi) is 3.13. The van der Waals surface area contributed by atoms with Crippen LogP contribution in [0.3, 0.4) is 0 Å². The van der Waals surface area contributed by atoms with Crippen LogP contribution in [0, 0.1) is 0 Å². The summed E-state index contributed by atoms with van der Waals surface area (Å²) in [4.78, 5) is 4.19. The average molecular weight is 304 g/mol. The first-order valence-corrected chi connectivity index (χ1v) is 8.06. The maximum Gasteiger partial charge on any atom is 0.128 e. The minimum absolute atomic E-state index is 0.794. The number of rotatable bonds is 3. The number of aliphatic hydroxyl groups is 1. The number of nitrogens with zero attached hydrogens (tertiary/aromatic N) is 2. The maximum absolute atomic E-state index is 11.1. The van der Waals surface area contributed by atoms with Gasteiger partial charge in [0.15, 0.2) is 0 Å². The molecular formula is C20H20N2O. The molecule has 2 aromatic carbocycles. The van der Waals surface area contributed by atoms with Gasteiger partial charge < -0.3 is 9.67 Å². The van der Waals surface area contributed by atoms with E-state index in [1.807, 2.05) is 17.6 Å². The van der Waals surface area contributed by atoms with Crippen molar-refractivity contribution in [1.82, 2.24) is 9.55 Å². The first kappa shape index (κ1) is 14.2. The van der Waals surface area contributed by atoms with Gasteiger partial charge in [-0.3, -0.25) is 0 Å². The molecule has 0 spiro atoms. The molecule has 0 fully saturated rings. The molecule has 0 radical (unpaired) electrons. The van der Waals surface area contributed by atoms with E-state index in [0.29, 0.717) is 0 Å². The number of benzene rings is 2. The van der Waals surface area contributed by atoms with Crippen molar-refractivity contribution in [3.8, 4) is 11.1 Å². The Morgan fingerprint density at radius 3 is 2.74 bits per heavy atom. The van der Waals surface area contributed by atoms with E-state index in [1.165, 1.54) is 22.3 Å². The summed E-state index contributed by atoms with van der Waals surface area (Å²) in [7, 11) is 0. The van der Waals surface area contributed by atoms with Crippen molar-refractivity contribution in [1.29, 1.82) is 0 Å². The summed E-state index contributed by atoms with van der Waals surface area (Å²) in [6.07, 6.45) is 4.46. The van der Waals surface area contributed by atoms with E-state index in [1.54, 1.807) is 12.5 Å². The fraction of sp³-hybridized carbons (Fsp3) is 0.250. The van der Waals surface area contributed by atoms with Crippen LogP contribution in [0.1, 0.15) is 36.2 Å². The van der Waals surface area contributed by atoms with Gasteiger partial charge in [0.2, 0.25) is 0 Å². The second kappa shape index (κ2) is 5.07. The summed E-state index contributed by atoms with van der Waals surface area (Å²) in [5.74, 6) is 0. The van der Waals surface area contributed by atoms with Crippen LogP contribution in [0.25, 0.3) is 11.1 Å². The van der Waals surface area contributed by atoms with Gasteiger partial charge in [-0.05, 0) is 48.1 Å². The molecule has 1 aliphatic carbocycles. The third-order valence-electron chi connectivity index (χ3n) is 4.91. The molecule has 1 atom stereocenters. The highest BCUT2D eigenvalue weighted by molar-refractivity contribution is 5.77. The van der Waals surface area contributed by atoms with E-state index in [0.717, 1.165) is 24.2 Å². The summed E-state index contributed by atoms with van der Waals surface area (Å²) in [6.45, 7) is 4.70. The summed E-state index contributed by atoms with van der Waals surface area (Å²) in [5.41, 5.74) is 5.94. The lowest BCUT2D eigenvalue weighted by molar-refractivity contribution is 0.0932. The first-order chi connectivity index (χ1) is 11.1. The van der Waals surface area contributed by atoms with Gasteiger partial charge in [0.25, 0.3) is 0 Å². The molecule has 116 valence electrons. The fourth-order valence-electron chi connectivity index (χ4n) is 3.57. The van der Waals surface area contributed by atoms with Crippen LogP contribution in [-0.2, 0) is 18.6 Å². The molecule has 3 aromatic rings. The lowest BCUT2D eigenvalue weighted by Crippen LogP contribution is -2.26. The third-order valence-corrected chi connectivity index (χ3v) is 4.91. The Bertz CT molecular complexity index is 877. The van der Waals surface area contributed by atoms with Gasteiger partial charge >= 0.3 is 0 Å². The Morgan fingerprint density at radius 2 is 1.91 bits per heavy atom. The largest absolute Gasteiger partial charge is 0.379 e. The predicted octanol–water partition coefficient (Wildman–Crippen LogP) is 3.73. The van der Waals surface area contributed by atoms with Crippen LogP contribution in [0.4, 0.5) is 0 Å². The van der Waals surface area contributed by atoms with Crippen molar-refractivity contribution in [2.45, 2.75) is 32.4 Å². The fourth-order valence-corrected chi connectivity index (χ4v) is 3.57. The van der Waals surface area contributed by atoms with Crippen LogP contribution in [-0.4, -0.2) is 14.7 Å².